The van der Waals surface area contributed by atoms with Crippen LogP contribution in [0.1, 0.15) is 27.3 Å². The van der Waals surface area contributed by atoms with Gasteiger partial charge in [-0.3, -0.25) is 4.68 Å². The van der Waals surface area contributed by atoms with Gasteiger partial charge < -0.3 is 5.73 Å². The summed E-state index contributed by atoms with van der Waals surface area (Å²) < 4.78 is 1.71. The summed E-state index contributed by atoms with van der Waals surface area (Å²) in [6.07, 6.45) is 1.61. The zero-order valence-corrected chi connectivity index (χ0v) is 10.9. The first-order chi connectivity index (χ1) is 7.50. The highest BCUT2D eigenvalue weighted by atomic mass is 35.5. The van der Waals surface area contributed by atoms with E-state index in [1.165, 1.54) is 0 Å². The van der Waals surface area contributed by atoms with Crippen molar-refractivity contribution < 1.29 is 0 Å². The van der Waals surface area contributed by atoms with Gasteiger partial charge in [0.2, 0.25) is 0 Å². The lowest BCUT2D eigenvalue weighted by atomic mass is 10.1. The molecule has 2 aromatic heterocycles. The number of aryl methyl sites for hydroxylation is 3. The van der Waals surface area contributed by atoms with Gasteiger partial charge in [0.05, 0.1) is 38.5 Å². The summed E-state index contributed by atoms with van der Waals surface area (Å²) in [7, 11) is 1.84. The predicted molar refractivity (Wildman–Crippen MR) is 65.8 cm³/mol. The highest BCUT2D eigenvalue weighted by molar-refractivity contribution is 7.11. The maximum atomic E-state index is 6.20. The summed E-state index contributed by atoms with van der Waals surface area (Å²) >= 11 is 7.67. The normalized spacial score (nSPS) is 13.1. The summed E-state index contributed by atoms with van der Waals surface area (Å²) in [4.78, 5) is 5.41. The fraction of sp³-hybridized carbons (Fsp3) is 0.400. The molecular weight excluding hydrogens is 244 g/mol. The van der Waals surface area contributed by atoms with E-state index in [4.69, 9.17) is 17.3 Å². The van der Waals surface area contributed by atoms with Crippen LogP contribution in [0.25, 0.3) is 0 Å². The van der Waals surface area contributed by atoms with Crippen molar-refractivity contribution in [3.8, 4) is 0 Å². The first-order valence-corrected chi connectivity index (χ1v) is 6.07. The number of nitrogens with zero attached hydrogens (tertiary/aromatic N) is 3. The minimum absolute atomic E-state index is 0.258. The van der Waals surface area contributed by atoms with Crippen LogP contribution in [0.15, 0.2) is 6.20 Å². The van der Waals surface area contributed by atoms with E-state index < -0.39 is 0 Å². The van der Waals surface area contributed by atoms with Gasteiger partial charge in [0.15, 0.2) is 0 Å². The molecule has 16 heavy (non-hydrogen) atoms. The van der Waals surface area contributed by atoms with Crippen molar-refractivity contribution in [3.63, 3.8) is 0 Å². The molecule has 0 saturated heterocycles. The predicted octanol–water partition coefficient (Wildman–Crippen LogP) is 2.19. The zero-order valence-electron chi connectivity index (χ0n) is 9.36. The van der Waals surface area contributed by atoms with Crippen molar-refractivity contribution in [1.82, 2.24) is 14.8 Å². The average Bonchev–Trinajstić information content (AvgIpc) is 2.70. The van der Waals surface area contributed by atoms with E-state index in [1.807, 2.05) is 20.9 Å². The van der Waals surface area contributed by atoms with Crippen molar-refractivity contribution >= 4 is 22.9 Å². The van der Waals surface area contributed by atoms with Gasteiger partial charge in [0, 0.05) is 7.05 Å². The molecule has 1 unspecified atom stereocenters. The van der Waals surface area contributed by atoms with Crippen LogP contribution in [0.5, 0.6) is 0 Å². The molecule has 0 aromatic carbocycles. The molecule has 2 heterocycles. The molecule has 0 amide bonds. The van der Waals surface area contributed by atoms with Gasteiger partial charge in [-0.15, -0.1) is 11.3 Å². The van der Waals surface area contributed by atoms with Crippen molar-refractivity contribution in [3.05, 3.63) is 32.5 Å². The first kappa shape index (κ1) is 11.6. The van der Waals surface area contributed by atoms with Crippen LogP contribution in [-0.4, -0.2) is 14.8 Å². The van der Waals surface area contributed by atoms with Gasteiger partial charge >= 0.3 is 0 Å². The van der Waals surface area contributed by atoms with E-state index >= 15 is 0 Å². The molecule has 86 valence electrons. The minimum Gasteiger partial charge on any atom is -0.318 e. The third-order valence-electron chi connectivity index (χ3n) is 2.45. The van der Waals surface area contributed by atoms with Crippen LogP contribution < -0.4 is 5.73 Å². The third-order valence-corrected chi connectivity index (χ3v) is 3.90. The van der Waals surface area contributed by atoms with E-state index in [-0.39, 0.29) is 6.04 Å². The Bertz CT molecular complexity index is 497. The molecule has 1 atom stereocenters. The molecule has 2 N–H and O–H groups in total. The topological polar surface area (TPSA) is 56.7 Å². The second-order valence-electron chi connectivity index (χ2n) is 3.66. The lowest BCUT2D eigenvalue weighted by Crippen LogP contribution is -2.16. The maximum Gasteiger partial charge on any atom is 0.0900 e. The third kappa shape index (κ3) is 1.86. The van der Waals surface area contributed by atoms with Crippen LogP contribution in [0.4, 0.5) is 0 Å². The molecule has 0 bridgehead atoms. The summed E-state index contributed by atoms with van der Waals surface area (Å²) in [6.45, 7) is 3.93. The lowest BCUT2D eigenvalue weighted by Gasteiger charge is -2.11. The zero-order chi connectivity index (χ0) is 11.9. The molecule has 0 aliphatic rings. The number of hydrogen-bond acceptors (Lipinski definition) is 4. The Kier molecular flexibility index (Phi) is 3.01. The molecule has 0 aliphatic carbocycles. The molecule has 2 rings (SSSR count). The monoisotopic (exact) mass is 256 g/mol. The summed E-state index contributed by atoms with van der Waals surface area (Å²) in [6, 6.07) is -0.258. The van der Waals surface area contributed by atoms with E-state index in [0.29, 0.717) is 5.02 Å². The van der Waals surface area contributed by atoms with Crippen LogP contribution in [0.2, 0.25) is 5.02 Å². The van der Waals surface area contributed by atoms with Crippen molar-refractivity contribution in [2.45, 2.75) is 19.9 Å². The highest BCUT2D eigenvalue weighted by Crippen LogP contribution is 2.31. The molecule has 0 spiro atoms. The van der Waals surface area contributed by atoms with Crippen LogP contribution in [0, 0.1) is 13.8 Å². The standard InChI is InChI=1S/C10H13ClN4S/c1-5-10(16-6(2)14-5)8(12)9-7(11)4-13-15(9)3/h4,8H,12H2,1-3H3. The van der Waals surface area contributed by atoms with Crippen LogP contribution >= 0.6 is 22.9 Å². The molecular formula is C10H13ClN4S. The highest BCUT2D eigenvalue weighted by Gasteiger charge is 2.21. The lowest BCUT2D eigenvalue weighted by molar-refractivity contribution is 0.676. The summed E-state index contributed by atoms with van der Waals surface area (Å²) in [5, 5.41) is 5.70. The van der Waals surface area contributed by atoms with Gasteiger partial charge in [0.25, 0.3) is 0 Å². The second-order valence-corrected chi connectivity index (χ2v) is 5.30. The van der Waals surface area contributed by atoms with E-state index in [2.05, 4.69) is 10.1 Å². The quantitative estimate of drug-likeness (QED) is 0.896. The van der Waals surface area contributed by atoms with Crippen molar-refractivity contribution in [2.24, 2.45) is 12.8 Å². The van der Waals surface area contributed by atoms with Gasteiger partial charge in [-0.1, -0.05) is 11.6 Å². The Hall–Kier alpha value is -0.910. The molecule has 2 aromatic rings. The number of nitrogens with two attached hydrogens (primary N) is 1. The summed E-state index contributed by atoms with van der Waals surface area (Å²) in [5.41, 5.74) is 7.99. The molecule has 0 saturated carbocycles. The molecule has 6 heteroatoms. The minimum atomic E-state index is -0.258. The van der Waals surface area contributed by atoms with Crippen molar-refractivity contribution in [1.29, 1.82) is 0 Å². The smallest absolute Gasteiger partial charge is 0.0900 e. The van der Waals surface area contributed by atoms with E-state index in [0.717, 1.165) is 21.3 Å². The largest absolute Gasteiger partial charge is 0.318 e. The second kappa shape index (κ2) is 4.16. The van der Waals surface area contributed by atoms with E-state index in [1.54, 1.807) is 22.2 Å². The molecule has 0 aliphatic heterocycles. The Morgan fingerprint density at radius 2 is 2.19 bits per heavy atom. The van der Waals surface area contributed by atoms with Crippen molar-refractivity contribution in [2.75, 3.05) is 0 Å². The SMILES string of the molecule is Cc1nc(C)c(C(N)c2c(Cl)cnn2C)s1. The Morgan fingerprint density at radius 3 is 2.62 bits per heavy atom. The summed E-state index contributed by atoms with van der Waals surface area (Å²) in [5.74, 6) is 0. The fourth-order valence-corrected chi connectivity index (χ4v) is 2.95. The van der Waals surface area contributed by atoms with Crippen LogP contribution in [-0.2, 0) is 7.05 Å². The molecule has 0 radical (unpaired) electrons. The fourth-order valence-electron chi connectivity index (χ4n) is 1.73. The first-order valence-electron chi connectivity index (χ1n) is 4.87. The Morgan fingerprint density at radius 1 is 1.50 bits per heavy atom. The number of thiazole rings is 1. The molecule has 4 nitrogen and oxygen atoms in total. The van der Waals surface area contributed by atoms with Gasteiger partial charge in [0.1, 0.15) is 0 Å². The van der Waals surface area contributed by atoms with E-state index in [9.17, 15) is 0 Å². The number of hydrogen-bond donors (Lipinski definition) is 1. The van der Waals surface area contributed by atoms with Crippen LogP contribution in [0.3, 0.4) is 0 Å². The maximum absolute atomic E-state index is 6.20. The van der Waals surface area contributed by atoms with Gasteiger partial charge in [-0.05, 0) is 13.8 Å². The average molecular weight is 257 g/mol. The number of rotatable bonds is 2. The Labute approximate surface area is 103 Å². The molecule has 0 fully saturated rings. The number of halogens is 1. The number of aromatic nitrogens is 3. The Balaban J connectivity index is 2.46. The van der Waals surface area contributed by atoms with Gasteiger partial charge in [-0.2, -0.15) is 5.10 Å². The van der Waals surface area contributed by atoms with Gasteiger partial charge in [-0.25, -0.2) is 4.98 Å².